The summed E-state index contributed by atoms with van der Waals surface area (Å²) >= 11 is 0. The third-order valence-electron chi connectivity index (χ3n) is 5.02. The molecule has 0 aliphatic heterocycles. The fourth-order valence-corrected chi connectivity index (χ4v) is 3.42. The monoisotopic (exact) mass is 372 g/mol. The van der Waals surface area contributed by atoms with E-state index in [9.17, 15) is 13.2 Å². The molecule has 1 aliphatic rings. The Hall–Kier alpha value is -2.60. The Kier molecular flexibility index (Phi) is 4.74. The van der Waals surface area contributed by atoms with Crippen LogP contribution in [0, 0.1) is 24.4 Å². The zero-order valence-electron chi connectivity index (χ0n) is 14.8. The SMILES string of the molecule is Cc1cc(O[C@H]2C[C@H](NCc3c(F)ccc4cnccc34)C2)cc(F)c1F. The number of nitrogens with one attached hydrogen (secondary N) is 1. The first-order chi connectivity index (χ1) is 13.0. The van der Waals surface area contributed by atoms with Crippen LogP contribution in [-0.4, -0.2) is 17.1 Å². The lowest BCUT2D eigenvalue weighted by atomic mass is 9.89. The second kappa shape index (κ2) is 7.19. The molecule has 0 amide bonds. The molecule has 0 bridgehead atoms. The molecule has 0 atom stereocenters. The molecular formula is C21H19F3N2O. The average Bonchev–Trinajstić information content (AvgIpc) is 2.62. The minimum absolute atomic E-state index is 0.0617. The van der Waals surface area contributed by atoms with Crippen LogP contribution in [0.15, 0.2) is 42.7 Å². The lowest BCUT2D eigenvalue weighted by Gasteiger charge is -2.36. The predicted octanol–water partition coefficient (Wildman–Crippen LogP) is 4.66. The number of fused-ring (bicyclic) bond motifs is 1. The van der Waals surface area contributed by atoms with Crippen molar-refractivity contribution in [2.75, 3.05) is 0 Å². The lowest BCUT2D eigenvalue weighted by molar-refractivity contribution is 0.0837. The van der Waals surface area contributed by atoms with Gasteiger partial charge in [-0.15, -0.1) is 0 Å². The Morgan fingerprint density at radius 1 is 1.11 bits per heavy atom. The lowest BCUT2D eigenvalue weighted by Crippen LogP contribution is -2.46. The van der Waals surface area contributed by atoms with Crippen LogP contribution in [0.5, 0.6) is 5.75 Å². The summed E-state index contributed by atoms with van der Waals surface area (Å²) in [5.41, 5.74) is 0.843. The van der Waals surface area contributed by atoms with Crippen molar-refractivity contribution in [1.82, 2.24) is 10.3 Å². The normalized spacial score (nSPS) is 19.1. The molecule has 0 unspecified atom stereocenters. The summed E-state index contributed by atoms with van der Waals surface area (Å²) in [5, 5.41) is 5.09. The quantitative estimate of drug-likeness (QED) is 0.707. The second-order valence-electron chi connectivity index (χ2n) is 6.95. The topological polar surface area (TPSA) is 34.1 Å². The third kappa shape index (κ3) is 3.62. The van der Waals surface area contributed by atoms with Crippen LogP contribution < -0.4 is 10.1 Å². The molecule has 3 nitrogen and oxygen atoms in total. The van der Waals surface area contributed by atoms with Crippen molar-refractivity contribution in [2.45, 2.75) is 38.5 Å². The summed E-state index contributed by atoms with van der Waals surface area (Å²) in [6.07, 6.45) is 4.77. The van der Waals surface area contributed by atoms with Crippen molar-refractivity contribution in [3.05, 3.63) is 71.3 Å². The van der Waals surface area contributed by atoms with Crippen LogP contribution in [0.3, 0.4) is 0 Å². The maximum atomic E-state index is 14.2. The Bertz CT molecular complexity index is 963. The largest absolute Gasteiger partial charge is 0.490 e. The van der Waals surface area contributed by atoms with E-state index in [1.54, 1.807) is 18.5 Å². The molecular weight excluding hydrogens is 353 g/mol. The fraction of sp³-hybridized carbons (Fsp3) is 0.286. The summed E-state index contributed by atoms with van der Waals surface area (Å²) in [7, 11) is 0. The number of nitrogens with zero attached hydrogens (tertiary/aromatic N) is 1. The fourth-order valence-electron chi connectivity index (χ4n) is 3.42. The zero-order chi connectivity index (χ0) is 19.0. The molecule has 0 spiro atoms. The number of aryl methyl sites for hydroxylation is 1. The molecule has 140 valence electrons. The van der Waals surface area contributed by atoms with Crippen molar-refractivity contribution < 1.29 is 17.9 Å². The van der Waals surface area contributed by atoms with Gasteiger partial charge in [0.25, 0.3) is 0 Å². The van der Waals surface area contributed by atoms with Crippen LogP contribution in [0.4, 0.5) is 13.2 Å². The van der Waals surface area contributed by atoms with E-state index in [0.717, 1.165) is 29.7 Å². The first-order valence-corrected chi connectivity index (χ1v) is 8.88. The minimum atomic E-state index is -0.903. The van der Waals surface area contributed by atoms with Gasteiger partial charge in [0.1, 0.15) is 17.7 Å². The van der Waals surface area contributed by atoms with Crippen molar-refractivity contribution in [2.24, 2.45) is 0 Å². The molecule has 2 aromatic carbocycles. The molecule has 1 saturated carbocycles. The molecule has 3 aromatic rings. The molecule has 27 heavy (non-hydrogen) atoms. The molecule has 1 N–H and O–H groups in total. The number of hydrogen-bond donors (Lipinski definition) is 1. The van der Waals surface area contributed by atoms with E-state index in [1.807, 2.05) is 6.07 Å². The van der Waals surface area contributed by atoms with Crippen LogP contribution in [-0.2, 0) is 6.54 Å². The Morgan fingerprint density at radius 3 is 2.70 bits per heavy atom. The highest BCUT2D eigenvalue weighted by Gasteiger charge is 2.31. The van der Waals surface area contributed by atoms with Crippen LogP contribution in [0.2, 0.25) is 0 Å². The van der Waals surface area contributed by atoms with E-state index in [4.69, 9.17) is 4.74 Å². The summed E-state index contributed by atoms with van der Waals surface area (Å²) in [6, 6.07) is 7.75. The number of benzene rings is 2. The number of pyridine rings is 1. The van der Waals surface area contributed by atoms with E-state index >= 15 is 0 Å². The standard InChI is InChI=1S/C21H19F3N2O/c1-12-6-15(9-20(23)21(12)24)27-16-7-14(8-16)26-11-18-17-4-5-25-10-13(17)2-3-19(18)22/h2-6,9-10,14,16,26H,7-8,11H2,1H3/t14-,16-. The molecule has 1 fully saturated rings. The van der Waals surface area contributed by atoms with E-state index in [1.165, 1.54) is 19.1 Å². The van der Waals surface area contributed by atoms with Gasteiger partial charge in [-0.05, 0) is 55.0 Å². The highest BCUT2D eigenvalue weighted by molar-refractivity contribution is 5.84. The highest BCUT2D eigenvalue weighted by Crippen LogP contribution is 2.29. The van der Waals surface area contributed by atoms with E-state index in [0.29, 0.717) is 17.9 Å². The number of halogens is 3. The predicted molar refractivity (Wildman–Crippen MR) is 97.1 cm³/mol. The van der Waals surface area contributed by atoms with E-state index in [-0.39, 0.29) is 23.5 Å². The van der Waals surface area contributed by atoms with Gasteiger partial charge in [0.05, 0.1) is 0 Å². The second-order valence-corrected chi connectivity index (χ2v) is 6.95. The van der Waals surface area contributed by atoms with Crippen molar-refractivity contribution >= 4 is 10.8 Å². The van der Waals surface area contributed by atoms with Gasteiger partial charge >= 0.3 is 0 Å². The van der Waals surface area contributed by atoms with Gasteiger partial charge in [-0.1, -0.05) is 0 Å². The number of ether oxygens (including phenoxy) is 1. The molecule has 1 heterocycles. The van der Waals surface area contributed by atoms with Gasteiger partial charge in [-0.2, -0.15) is 0 Å². The first-order valence-electron chi connectivity index (χ1n) is 8.88. The van der Waals surface area contributed by atoms with Crippen molar-refractivity contribution in [3.8, 4) is 5.75 Å². The number of hydrogen-bond acceptors (Lipinski definition) is 3. The summed E-state index contributed by atoms with van der Waals surface area (Å²) in [5.74, 6) is -1.66. The van der Waals surface area contributed by atoms with Crippen LogP contribution in [0.1, 0.15) is 24.0 Å². The van der Waals surface area contributed by atoms with Gasteiger partial charge in [0.2, 0.25) is 0 Å². The molecule has 1 aromatic heterocycles. The first kappa shape index (κ1) is 17.8. The smallest absolute Gasteiger partial charge is 0.162 e. The maximum absolute atomic E-state index is 14.2. The van der Waals surface area contributed by atoms with Gasteiger partial charge in [-0.25, -0.2) is 13.2 Å². The van der Waals surface area contributed by atoms with Gasteiger partial charge in [0.15, 0.2) is 11.6 Å². The molecule has 6 heteroatoms. The van der Waals surface area contributed by atoms with Crippen LogP contribution >= 0.6 is 0 Å². The van der Waals surface area contributed by atoms with Gasteiger partial charge < -0.3 is 10.1 Å². The Labute approximate surface area is 155 Å². The zero-order valence-corrected chi connectivity index (χ0v) is 14.8. The van der Waals surface area contributed by atoms with Gasteiger partial charge in [0, 0.05) is 42.0 Å². The maximum Gasteiger partial charge on any atom is 0.162 e. The van der Waals surface area contributed by atoms with Crippen molar-refractivity contribution in [1.29, 1.82) is 0 Å². The van der Waals surface area contributed by atoms with Gasteiger partial charge in [-0.3, -0.25) is 4.98 Å². The van der Waals surface area contributed by atoms with E-state index in [2.05, 4.69) is 10.3 Å². The average molecular weight is 372 g/mol. The summed E-state index contributed by atoms with van der Waals surface area (Å²) in [6.45, 7) is 1.92. The molecule has 4 rings (SSSR count). The number of rotatable bonds is 5. The summed E-state index contributed by atoms with van der Waals surface area (Å²) < 4.78 is 46.7. The third-order valence-corrected chi connectivity index (χ3v) is 5.02. The Balaban J connectivity index is 1.35. The van der Waals surface area contributed by atoms with Crippen molar-refractivity contribution in [3.63, 3.8) is 0 Å². The molecule has 1 aliphatic carbocycles. The molecule has 0 saturated heterocycles. The highest BCUT2D eigenvalue weighted by atomic mass is 19.2. The van der Waals surface area contributed by atoms with Crippen LogP contribution in [0.25, 0.3) is 10.8 Å². The number of aromatic nitrogens is 1. The Morgan fingerprint density at radius 2 is 1.93 bits per heavy atom. The van der Waals surface area contributed by atoms with E-state index < -0.39 is 11.6 Å². The minimum Gasteiger partial charge on any atom is -0.490 e. The summed E-state index contributed by atoms with van der Waals surface area (Å²) in [4.78, 5) is 4.06. The molecule has 0 radical (unpaired) electrons.